The molecule has 3 aromatic carbocycles. The summed E-state index contributed by atoms with van der Waals surface area (Å²) in [5.74, 6) is 0.222. The average Bonchev–Trinajstić information content (AvgIpc) is 3.28. The Bertz CT molecular complexity index is 1340. The van der Waals surface area contributed by atoms with E-state index in [9.17, 15) is 9.90 Å². The van der Waals surface area contributed by atoms with Crippen molar-refractivity contribution in [1.29, 1.82) is 0 Å². The van der Waals surface area contributed by atoms with Crippen LogP contribution in [0.25, 0.3) is 16.7 Å². The third-order valence-corrected chi connectivity index (χ3v) is 7.75. The van der Waals surface area contributed by atoms with Crippen LogP contribution in [0.4, 0.5) is 4.39 Å². The summed E-state index contributed by atoms with van der Waals surface area (Å²) in [4.78, 5) is 11.4. The summed E-state index contributed by atoms with van der Waals surface area (Å²) in [5, 5.41) is 9.40. The smallest absolute Gasteiger partial charge is 0.303 e. The third-order valence-electron chi connectivity index (χ3n) is 7.75. The number of halogens is 1. The Morgan fingerprint density at radius 1 is 1.03 bits per heavy atom. The van der Waals surface area contributed by atoms with E-state index in [1.165, 1.54) is 11.6 Å². The minimum absolute atomic E-state index is 0.0183. The van der Waals surface area contributed by atoms with Gasteiger partial charge < -0.3 is 14.6 Å². The number of carboxylic acid groups (broad SMARTS) is 1. The Kier molecular flexibility index (Phi) is 9.11. The molecule has 1 atom stereocenters. The number of hydrogen-bond acceptors (Lipinski definition) is 3. The van der Waals surface area contributed by atoms with Crippen molar-refractivity contribution in [2.45, 2.75) is 71.8 Å². The van der Waals surface area contributed by atoms with Gasteiger partial charge in [-0.2, -0.15) is 0 Å². The van der Waals surface area contributed by atoms with E-state index in [2.05, 4.69) is 32.9 Å². The highest BCUT2D eigenvalue weighted by molar-refractivity contribution is 5.85. The zero-order chi connectivity index (χ0) is 28.0. The van der Waals surface area contributed by atoms with Gasteiger partial charge in [0.05, 0.1) is 13.5 Å². The van der Waals surface area contributed by atoms with Gasteiger partial charge in [0.15, 0.2) is 0 Å². The van der Waals surface area contributed by atoms with Gasteiger partial charge in [0.1, 0.15) is 23.9 Å². The molecule has 0 amide bonds. The van der Waals surface area contributed by atoms with Crippen molar-refractivity contribution in [2.24, 2.45) is 5.41 Å². The van der Waals surface area contributed by atoms with Crippen molar-refractivity contribution in [3.63, 3.8) is 0 Å². The van der Waals surface area contributed by atoms with E-state index in [-0.39, 0.29) is 23.6 Å². The summed E-state index contributed by atoms with van der Waals surface area (Å²) in [6.07, 6.45) is 7.26. The van der Waals surface area contributed by atoms with Crippen LogP contribution in [0.5, 0.6) is 11.5 Å². The van der Waals surface area contributed by atoms with Gasteiger partial charge in [-0.3, -0.25) is 4.79 Å². The maximum absolute atomic E-state index is 15.0. The van der Waals surface area contributed by atoms with Crippen LogP contribution >= 0.6 is 0 Å². The normalized spacial score (nSPS) is 15.1. The van der Waals surface area contributed by atoms with Gasteiger partial charge in [-0.25, -0.2) is 4.39 Å². The van der Waals surface area contributed by atoms with E-state index in [0.717, 1.165) is 54.4 Å². The number of carboxylic acids is 1. The molecule has 0 fully saturated rings. The summed E-state index contributed by atoms with van der Waals surface area (Å²) < 4.78 is 26.6. The number of carbonyl (C=O) groups is 1. The molecule has 4 nitrogen and oxygen atoms in total. The molecule has 0 unspecified atom stereocenters. The highest BCUT2D eigenvalue weighted by Crippen LogP contribution is 2.47. The van der Waals surface area contributed by atoms with Gasteiger partial charge >= 0.3 is 5.97 Å². The molecule has 5 heteroatoms. The summed E-state index contributed by atoms with van der Waals surface area (Å²) in [7, 11) is 1.59. The molecule has 1 N–H and O–H groups in total. The maximum atomic E-state index is 15.0. The molecule has 0 saturated heterocycles. The van der Waals surface area contributed by atoms with Gasteiger partial charge in [0.25, 0.3) is 0 Å². The Labute approximate surface area is 231 Å². The minimum atomic E-state index is -0.786. The second-order valence-corrected chi connectivity index (χ2v) is 11.1. The molecule has 3 aromatic rings. The topological polar surface area (TPSA) is 55.8 Å². The molecule has 0 saturated carbocycles. The predicted octanol–water partition coefficient (Wildman–Crippen LogP) is 9.03. The van der Waals surface area contributed by atoms with Crippen molar-refractivity contribution in [3.05, 3.63) is 89.2 Å². The Morgan fingerprint density at radius 2 is 1.85 bits per heavy atom. The van der Waals surface area contributed by atoms with Crippen molar-refractivity contribution in [1.82, 2.24) is 0 Å². The second kappa shape index (κ2) is 12.5. The van der Waals surface area contributed by atoms with Crippen LogP contribution < -0.4 is 9.47 Å². The zero-order valence-electron chi connectivity index (χ0n) is 23.4. The number of unbranched alkanes of at least 4 members (excludes halogenated alkanes) is 1. The molecular weight excluding hydrogens is 491 g/mol. The summed E-state index contributed by atoms with van der Waals surface area (Å²) >= 11 is 0. The number of aliphatic carboxylic acids is 1. The van der Waals surface area contributed by atoms with E-state index in [0.29, 0.717) is 23.7 Å². The molecule has 0 radical (unpaired) electrons. The Morgan fingerprint density at radius 3 is 2.54 bits per heavy atom. The van der Waals surface area contributed by atoms with Crippen LogP contribution in [0.3, 0.4) is 0 Å². The largest absolute Gasteiger partial charge is 0.497 e. The fourth-order valence-corrected chi connectivity index (χ4v) is 5.51. The number of allylic oxidation sites excluding steroid dienone is 2. The quantitative estimate of drug-likeness (QED) is 0.254. The lowest BCUT2D eigenvalue weighted by molar-refractivity contribution is -0.137. The lowest BCUT2D eigenvalue weighted by Crippen LogP contribution is -2.10. The summed E-state index contributed by atoms with van der Waals surface area (Å²) in [6.45, 7) is 6.93. The predicted molar refractivity (Wildman–Crippen MR) is 155 cm³/mol. The van der Waals surface area contributed by atoms with Gasteiger partial charge in [-0.15, -0.1) is 0 Å². The molecule has 0 bridgehead atoms. The number of benzene rings is 3. The van der Waals surface area contributed by atoms with E-state index >= 15 is 4.39 Å². The standard InChI is InChI=1S/C34H39FO4/c1-5-6-9-25(20-33(36)37)24-10-7-11-27(19-24)39-22-23-13-15-28(30-21-26(38-4)14-16-32(30)35)29(18-23)31-12-8-17-34(31,2)3/h7,10-16,18-19,21,25H,5-6,8-9,17,20,22H2,1-4H3,(H,36,37)/t25-/m0/s1. The number of hydrogen-bond donors (Lipinski definition) is 1. The summed E-state index contributed by atoms with van der Waals surface area (Å²) in [5.41, 5.74) is 5.55. The van der Waals surface area contributed by atoms with Gasteiger partial charge in [0, 0.05) is 5.56 Å². The van der Waals surface area contributed by atoms with E-state index < -0.39 is 5.97 Å². The van der Waals surface area contributed by atoms with Crippen LogP contribution in [0.1, 0.15) is 81.9 Å². The zero-order valence-corrected chi connectivity index (χ0v) is 23.4. The first-order chi connectivity index (χ1) is 18.7. The number of rotatable bonds is 12. The Balaban J connectivity index is 1.63. The molecule has 1 aliphatic rings. The Hall–Kier alpha value is -3.60. The number of ether oxygens (including phenoxy) is 2. The van der Waals surface area contributed by atoms with Crippen LogP contribution in [-0.2, 0) is 11.4 Å². The minimum Gasteiger partial charge on any atom is -0.497 e. The highest BCUT2D eigenvalue weighted by Gasteiger charge is 2.30. The SMILES string of the molecule is CCCC[C@@H](CC(=O)O)c1cccc(OCc2ccc(-c3cc(OC)ccc3F)c(C3=CCCC3(C)C)c2)c1. The first-order valence-electron chi connectivity index (χ1n) is 13.8. The lowest BCUT2D eigenvalue weighted by atomic mass is 9.79. The second-order valence-electron chi connectivity index (χ2n) is 11.1. The first kappa shape index (κ1) is 28.4. The fraction of sp³-hybridized carbons (Fsp3) is 0.382. The molecule has 0 aromatic heterocycles. The fourth-order valence-electron chi connectivity index (χ4n) is 5.51. The molecule has 0 heterocycles. The monoisotopic (exact) mass is 530 g/mol. The van der Waals surface area contributed by atoms with Crippen molar-refractivity contribution in [3.8, 4) is 22.6 Å². The average molecular weight is 531 g/mol. The molecule has 0 spiro atoms. The number of methoxy groups -OCH3 is 1. The van der Waals surface area contributed by atoms with Gasteiger partial charge in [-0.1, -0.05) is 64.0 Å². The lowest BCUT2D eigenvalue weighted by Gasteiger charge is -2.25. The maximum Gasteiger partial charge on any atom is 0.303 e. The van der Waals surface area contributed by atoms with Crippen molar-refractivity contribution >= 4 is 11.5 Å². The molecule has 4 rings (SSSR count). The molecule has 39 heavy (non-hydrogen) atoms. The van der Waals surface area contributed by atoms with Crippen LogP contribution in [0.15, 0.2) is 66.7 Å². The van der Waals surface area contributed by atoms with Gasteiger partial charge in [-0.05, 0) is 94.8 Å². The summed E-state index contributed by atoms with van der Waals surface area (Å²) in [6, 6.07) is 18.7. The van der Waals surface area contributed by atoms with E-state index in [1.807, 2.05) is 36.4 Å². The molecule has 0 aliphatic heterocycles. The molecule has 1 aliphatic carbocycles. The highest BCUT2D eigenvalue weighted by atomic mass is 19.1. The van der Waals surface area contributed by atoms with Crippen LogP contribution in [-0.4, -0.2) is 18.2 Å². The van der Waals surface area contributed by atoms with E-state index in [1.54, 1.807) is 19.2 Å². The first-order valence-corrected chi connectivity index (χ1v) is 13.8. The molecular formula is C34H39FO4. The molecule has 206 valence electrons. The van der Waals surface area contributed by atoms with Crippen LogP contribution in [0, 0.1) is 11.2 Å². The van der Waals surface area contributed by atoms with Crippen LogP contribution in [0.2, 0.25) is 0 Å². The third kappa shape index (κ3) is 6.89. The van der Waals surface area contributed by atoms with Crippen molar-refractivity contribution < 1.29 is 23.8 Å². The van der Waals surface area contributed by atoms with Crippen molar-refractivity contribution in [2.75, 3.05) is 7.11 Å². The van der Waals surface area contributed by atoms with E-state index in [4.69, 9.17) is 9.47 Å². The van der Waals surface area contributed by atoms with Gasteiger partial charge in [0.2, 0.25) is 0 Å².